The second-order valence-corrected chi connectivity index (χ2v) is 6.49. The lowest BCUT2D eigenvalue weighted by Gasteiger charge is -2.17. The van der Waals surface area contributed by atoms with Crippen LogP contribution in [0.25, 0.3) is 21.9 Å². The van der Waals surface area contributed by atoms with Crippen LogP contribution < -0.4 is 24.3 Å². The van der Waals surface area contributed by atoms with Gasteiger partial charge in [0.15, 0.2) is 11.5 Å². The summed E-state index contributed by atoms with van der Waals surface area (Å²) in [5.41, 5.74) is 3.41. The van der Waals surface area contributed by atoms with E-state index in [0.29, 0.717) is 23.8 Å². The third kappa shape index (κ3) is 3.27. The van der Waals surface area contributed by atoms with Gasteiger partial charge in [-0.25, -0.2) is 0 Å². The molecular weight excluding hydrogens is 370 g/mol. The average Bonchev–Trinajstić information content (AvgIpc) is 3.13. The molecule has 3 aromatic carbocycles. The van der Waals surface area contributed by atoms with E-state index in [-0.39, 0.29) is 0 Å². The summed E-state index contributed by atoms with van der Waals surface area (Å²) in [6.45, 7) is 0.506. The van der Waals surface area contributed by atoms with Crippen molar-refractivity contribution in [2.24, 2.45) is 0 Å². The van der Waals surface area contributed by atoms with Crippen molar-refractivity contribution in [1.29, 1.82) is 0 Å². The molecular formula is C23H23NO5. The molecule has 0 fully saturated rings. The van der Waals surface area contributed by atoms with Crippen molar-refractivity contribution in [2.45, 2.75) is 6.54 Å². The molecule has 0 aliphatic heterocycles. The minimum atomic E-state index is 0.506. The summed E-state index contributed by atoms with van der Waals surface area (Å²) in [5.74, 6) is 2.55. The van der Waals surface area contributed by atoms with Crippen LogP contribution in [-0.4, -0.2) is 28.4 Å². The maximum atomic E-state index is 6.00. The molecule has 6 nitrogen and oxygen atoms in total. The smallest absolute Gasteiger partial charge is 0.203 e. The van der Waals surface area contributed by atoms with E-state index in [9.17, 15) is 0 Å². The standard InChI is InChI=1S/C23H23NO5/c1-25-19-10-9-14(22(27-3)23(19)28-4)13-24-17-12-20-16(11-21(17)26-2)15-7-5-6-8-18(15)29-20/h5-12,24H,13H2,1-4H3. The molecule has 0 unspecified atom stereocenters. The number of anilines is 1. The molecule has 0 bridgehead atoms. The molecule has 0 saturated heterocycles. The maximum Gasteiger partial charge on any atom is 0.203 e. The zero-order chi connectivity index (χ0) is 20.4. The van der Waals surface area contributed by atoms with Crippen molar-refractivity contribution in [3.8, 4) is 23.0 Å². The molecule has 1 aromatic heterocycles. The van der Waals surface area contributed by atoms with Crippen LogP contribution in [-0.2, 0) is 6.54 Å². The van der Waals surface area contributed by atoms with Crippen LogP contribution in [0.15, 0.2) is 52.9 Å². The summed E-state index contributed by atoms with van der Waals surface area (Å²) >= 11 is 0. The first-order valence-corrected chi connectivity index (χ1v) is 9.21. The van der Waals surface area contributed by atoms with E-state index >= 15 is 0 Å². The van der Waals surface area contributed by atoms with Gasteiger partial charge in [-0.1, -0.05) is 18.2 Å². The minimum Gasteiger partial charge on any atom is -0.495 e. The van der Waals surface area contributed by atoms with Crippen molar-refractivity contribution >= 4 is 27.6 Å². The highest BCUT2D eigenvalue weighted by Crippen LogP contribution is 2.41. The van der Waals surface area contributed by atoms with E-state index in [0.717, 1.165) is 38.9 Å². The number of hydrogen-bond acceptors (Lipinski definition) is 6. The highest BCUT2D eigenvalue weighted by Gasteiger charge is 2.17. The summed E-state index contributed by atoms with van der Waals surface area (Å²) in [6, 6.07) is 15.7. The maximum absolute atomic E-state index is 6.00. The summed E-state index contributed by atoms with van der Waals surface area (Å²) in [7, 11) is 6.46. The van der Waals surface area contributed by atoms with E-state index in [1.807, 2.05) is 48.5 Å². The van der Waals surface area contributed by atoms with Gasteiger partial charge in [-0.05, 0) is 24.3 Å². The number of furan rings is 1. The topological polar surface area (TPSA) is 62.1 Å². The quantitative estimate of drug-likeness (QED) is 0.464. The molecule has 0 spiro atoms. The van der Waals surface area contributed by atoms with Gasteiger partial charge in [0.1, 0.15) is 16.9 Å². The molecule has 0 amide bonds. The first-order chi connectivity index (χ1) is 14.2. The van der Waals surface area contributed by atoms with Crippen LogP contribution in [0.2, 0.25) is 0 Å². The van der Waals surface area contributed by atoms with Gasteiger partial charge in [0.25, 0.3) is 0 Å². The van der Waals surface area contributed by atoms with Gasteiger partial charge in [-0.15, -0.1) is 0 Å². The van der Waals surface area contributed by atoms with E-state index in [1.165, 1.54) is 0 Å². The first kappa shape index (κ1) is 18.8. The second kappa shape index (κ2) is 7.83. The molecule has 1 heterocycles. The summed E-state index contributed by atoms with van der Waals surface area (Å²) in [6.07, 6.45) is 0. The summed E-state index contributed by atoms with van der Waals surface area (Å²) < 4.78 is 28.0. The third-order valence-corrected chi connectivity index (χ3v) is 4.95. The van der Waals surface area contributed by atoms with Crippen molar-refractivity contribution in [1.82, 2.24) is 0 Å². The lowest BCUT2D eigenvalue weighted by molar-refractivity contribution is 0.322. The Labute approximate surface area is 168 Å². The van der Waals surface area contributed by atoms with Gasteiger partial charge < -0.3 is 28.7 Å². The Kier molecular flexibility index (Phi) is 5.08. The molecule has 150 valence electrons. The predicted octanol–water partition coefficient (Wildman–Crippen LogP) is 5.23. The van der Waals surface area contributed by atoms with E-state index < -0.39 is 0 Å². The van der Waals surface area contributed by atoms with Crippen LogP contribution in [0.4, 0.5) is 5.69 Å². The van der Waals surface area contributed by atoms with Crippen molar-refractivity contribution in [2.75, 3.05) is 33.8 Å². The number of rotatable bonds is 7. The minimum absolute atomic E-state index is 0.506. The van der Waals surface area contributed by atoms with Crippen LogP contribution in [0.1, 0.15) is 5.56 Å². The van der Waals surface area contributed by atoms with Crippen LogP contribution in [0, 0.1) is 0 Å². The van der Waals surface area contributed by atoms with Gasteiger partial charge >= 0.3 is 0 Å². The number of fused-ring (bicyclic) bond motifs is 3. The van der Waals surface area contributed by atoms with Crippen molar-refractivity contribution in [3.05, 3.63) is 54.1 Å². The molecule has 4 rings (SSSR count). The fraction of sp³-hybridized carbons (Fsp3) is 0.217. The Morgan fingerprint density at radius 3 is 2.21 bits per heavy atom. The zero-order valence-corrected chi connectivity index (χ0v) is 16.9. The SMILES string of the molecule is COc1cc2c(cc1NCc1ccc(OC)c(OC)c1OC)oc1ccccc12. The molecule has 0 saturated carbocycles. The molecule has 6 heteroatoms. The highest BCUT2D eigenvalue weighted by atomic mass is 16.5. The lowest BCUT2D eigenvalue weighted by Crippen LogP contribution is -2.05. The fourth-order valence-electron chi connectivity index (χ4n) is 3.55. The summed E-state index contributed by atoms with van der Waals surface area (Å²) in [4.78, 5) is 0. The Balaban J connectivity index is 1.70. The molecule has 0 atom stereocenters. The molecule has 4 aromatic rings. The van der Waals surface area contributed by atoms with Crippen LogP contribution in [0.3, 0.4) is 0 Å². The van der Waals surface area contributed by atoms with Gasteiger partial charge in [0, 0.05) is 28.9 Å². The number of hydrogen-bond donors (Lipinski definition) is 1. The Morgan fingerprint density at radius 1 is 0.724 bits per heavy atom. The van der Waals surface area contributed by atoms with E-state index in [1.54, 1.807) is 28.4 Å². The zero-order valence-electron chi connectivity index (χ0n) is 16.9. The van der Waals surface area contributed by atoms with Crippen LogP contribution >= 0.6 is 0 Å². The van der Waals surface area contributed by atoms with Gasteiger partial charge in [-0.2, -0.15) is 0 Å². The largest absolute Gasteiger partial charge is 0.495 e. The van der Waals surface area contributed by atoms with E-state index in [4.69, 9.17) is 23.4 Å². The first-order valence-electron chi connectivity index (χ1n) is 9.21. The summed E-state index contributed by atoms with van der Waals surface area (Å²) in [5, 5.41) is 5.50. The van der Waals surface area contributed by atoms with E-state index in [2.05, 4.69) is 5.32 Å². The molecule has 0 aliphatic rings. The van der Waals surface area contributed by atoms with Gasteiger partial charge in [0.05, 0.1) is 34.1 Å². The monoisotopic (exact) mass is 393 g/mol. The molecule has 1 N–H and O–H groups in total. The second-order valence-electron chi connectivity index (χ2n) is 6.49. The Hall–Kier alpha value is -3.54. The number of methoxy groups -OCH3 is 4. The highest BCUT2D eigenvalue weighted by molar-refractivity contribution is 6.06. The number of ether oxygens (including phenoxy) is 4. The Morgan fingerprint density at radius 2 is 1.48 bits per heavy atom. The number of benzene rings is 3. The van der Waals surface area contributed by atoms with Crippen molar-refractivity contribution in [3.63, 3.8) is 0 Å². The molecule has 0 aliphatic carbocycles. The van der Waals surface area contributed by atoms with Crippen molar-refractivity contribution < 1.29 is 23.4 Å². The Bertz CT molecular complexity index is 1170. The van der Waals surface area contributed by atoms with Crippen LogP contribution in [0.5, 0.6) is 23.0 Å². The van der Waals surface area contributed by atoms with Gasteiger partial charge in [0.2, 0.25) is 5.75 Å². The predicted molar refractivity (Wildman–Crippen MR) is 114 cm³/mol. The third-order valence-electron chi connectivity index (χ3n) is 4.95. The average molecular weight is 393 g/mol. The van der Waals surface area contributed by atoms with Gasteiger partial charge in [-0.3, -0.25) is 0 Å². The number of nitrogens with one attached hydrogen (secondary N) is 1. The molecule has 0 radical (unpaired) electrons. The normalized spacial score (nSPS) is 10.9. The number of para-hydroxylation sites is 1. The fourth-order valence-corrected chi connectivity index (χ4v) is 3.55. The lowest BCUT2D eigenvalue weighted by atomic mass is 10.1. The molecule has 29 heavy (non-hydrogen) atoms.